The summed E-state index contributed by atoms with van der Waals surface area (Å²) in [6.45, 7) is -0.620. The largest absolute Gasteiger partial charge is 0.436 e. The van der Waals surface area contributed by atoms with Crippen molar-refractivity contribution < 1.29 is 48.9 Å². The number of carbonyl (C=O) groups excluding carboxylic acids is 2. The highest BCUT2D eigenvalue weighted by molar-refractivity contribution is 7.88. The molecule has 0 fully saturated rings. The highest BCUT2D eigenvalue weighted by atomic mass is 32.2. The summed E-state index contributed by atoms with van der Waals surface area (Å²) in [6, 6.07) is 0. The van der Waals surface area contributed by atoms with Crippen molar-refractivity contribution in [3.63, 3.8) is 0 Å². The smallest absolute Gasteiger partial charge is 0.424 e. The molecule has 0 aliphatic carbocycles. The van der Waals surface area contributed by atoms with E-state index in [0.29, 0.717) is 0 Å². The molecule has 1 atom stereocenters. The second-order valence-corrected chi connectivity index (χ2v) is 4.36. The molecule has 0 aromatic heterocycles. The third-order valence-electron chi connectivity index (χ3n) is 1.31. The predicted octanol–water partition coefficient (Wildman–Crippen LogP) is 0.576. The van der Waals surface area contributed by atoms with Crippen molar-refractivity contribution >= 4 is 22.9 Å². The van der Waals surface area contributed by atoms with Crippen LogP contribution in [0.25, 0.3) is 0 Å². The molecule has 0 aromatic rings. The van der Waals surface area contributed by atoms with Gasteiger partial charge in [-0.2, -0.15) is 30.4 Å². The molecule has 1 unspecified atom stereocenters. The van der Waals surface area contributed by atoms with Gasteiger partial charge in [-0.1, -0.05) is 0 Å². The molecule has 0 aliphatic rings. The quantitative estimate of drug-likeness (QED) is 0.296. The van der Waals surface area contributed by atoms with E-state index in [-0.39, 0.29) is 0 Å². The summed E-state index contributed by atoms with van der Waals surface area (Å²) in [5.74, 6) is 0. The van der Waals surface area contributed by atoms with Gasteiger partial charge in [0.15, 0.2) is 0 Å². The van der Waals surface area contributed by atoms with E-state index in [1.807, 2.05) is 0 Å². The van der Waals surface area contributed by atoms with Gasteiger partial charge >= 0.3 is 21.5 Å². The SMILES string of the molecule is O=COC(CC(F)(F)F)OS(=O)(=O)C(F)(F)C=O. The van der Waals surface area contributed by atoms with Crippen molar-refractivity contribution in [3.05, 3.63) is 0 Å². The summed E-state index contributed by atoms with van der Waals surface area (Å²) in [5, 5.41) is -5.05. The fourth-order valence-corrected chi connectivity index (χ4v) is 1.26. The zero-order valence-electron chi connectivity index (χ0n) is 8.19. The van der Waals surface area contributed by atoms with E-state index in [0.717, 1.165) is 0 Å². The molecule has 18 heavy (non-hydrogen) atoms. The molecule has 0 N–H and O–H groups in total. The van der Waals surface area contributed by atoms with Gasteiger partial charge in [0, 0.05) is 0 Å². The van der Waals surface area contributed by atoms with Gasteiger partial charge in [-0.15, -0.1) is 0 Å². The fourth-order valence-electron chi connectivity index (χ4n) is 0.620. The lowest BCUT2D eigenvalue weighted by atomic mass is 10.4. The third kappa shape index (κ3) is 4.91. The maximum atomic E-state index is 12.5. The molecule has 6 nitrogen and oxygen atoms in total. The molecule has 0 spiro atoms. The maximum Gasteiger partial charge on any atom is 0.424 e. The lowest BCUT2D eigenvalue weighted by Gasteiger charge is -2.18. The Morgan fingerprint density at radius 2 is 1.61 bits per heavy atom. The van der Waals surface area contributed by atoms with Gasteiger partial charge in [-0.05, 0) is 0 Å². The summed E-state index contributed by atoms with van der Waals surface area (Å²) in [5.41, 5.74) is 0. The number of rotatable bonds is 7. The van der Waals surface area contributed by atoms with Crippen LogP contribution in [-0.4, -0.2) is 38.9 Å². The Bertz CT molecular complexity index is 401. The van der Waals surface area contributed by atoms with Crippen LogP contribution < -0.4 is 0 Å². The molecule has 0 saturated carbocycles. The molecular weight excluding hydrogens is 295 g/mol. The molecule has 0 saturated heterocycles. The Hall–Kier alpha value is -1.30. The summed E-state index contributed by atoms with van der Waals surface area (Å²) in [4.78, 5) is 19.5. The number of halogens is 5. The molecule has 106 valence electrons. The molecule has 12 heteroatoms. The summed E-state index contributed by atoms with van der Waals surface area (Å²) >= 11 is 0. The zero-order valence-corrected chi connectivity index (χ0v) is 9.00. The van der Waals surface area contributed by atoms with Crippen molar-refractivity contribution in [1.29, 1.82) is 0 Å². The van der Waals surface area contributed by atoms with Crippen LogP contribution in [0.3, 0.4) is 0 Å². The van der Waals surface area contributed by atoms with Gasteiger partial charge in [0.05, 0.1) is 0 Å². The van der Waals surface area contributed by atoms with Crippen molar-refractivity contribution in [1.82, 2.24) is 0 Å². The summed E-state index contributed by atoms with van der Waals surface area (Å²) in [7, 11) is -5.99. The van der Waals surface area contributed by atoms with Gasteiger partial charge in [0.25, 0.3) is 6.47 Å². The lowest BCUT2D eigenvalue weighted by Crippen LogP contribution is -2.37. The number of ether oxygens (including phenoxy) is 1. The van der Waals surface area contributed by atoms with Crippen molar-refractivity contribution in [3.8, 4) is 0 Å². The minimum Gasteiger partial charge on any atom is -0.436 e. The van der Waals surface area contributed by atoms with Crippen LogP contribution in [0.15, 0.2) is 0 Å². The Balaban J connectivity index is 5.00. The van der Waals surface area contributed by atoms with Gasteiger partial charge in [0.2, 0.25) is 12.6 Å². The molecule has 0 aromatic carbocycles. The standard InChI is InChI=1S/C6H5F5O6S/c7-5(8,9)1-4(16-3-13)17-18(14,15)6(10,11)2-12/h2-4H,1H2. The van der Waals surface area contributed by atoms with Gasteiger partial charge < -0.3 is 4.74 Å². The minimum atomic E-state index is -5.99. The van der Waals surface area contributed by atoms with Gasteiger partial charge in [0.1, 0.15) is 6.42 Å². The molecule has 0 bridgehead atoms. The monoisotopic (exact) mass is 300 g/mol. The number of hydrogen-bond acceptors (Lipinski definition) is 6. The maximum absolute atomic E-state index is 12.5. The first-order valence-corrected chi connectivity index (χ1v) is 5.29. The second-order valence-electron chi connectivity index (χ2n) is 2.71. The molecule has 0 amide bonds. The minimum absolute atomic E-state index is 0.620. The van der Waals surface area contributed by atoms with Crippen LogP contribution in [-0.2, 0) is 28.6 Å². The number of hydrogen-bond donors (Lipinski definition) is 0. The zero-order chi connectivity index (χ0) is 14.6. The van der Waals surface area contributed by atoms with Gasteiger partial charge in [-0.3, -0.25) is 9.59 Å². The summed E-state index contributed by atoms with van der Waals surface area (Å²) < 4.78 is 88.7. The molecule has 0 heterocycles. The van der Waals surface area contributed by atoms with E-state index >= 15 is 0 Å². The highest BCUT2D eigenvalue weighted by Crippen LogP contribution is 2.28. The summed E-state index contributed by atoms with van der Waals surface area (Å²) in [6.07, 6.45) is -11.4. The first-order chi connectivity index (χ1) is 7.95. The van der Waals surface area contributed by atoms with E-state index in [1.54, 1.807) is 0 Å². The van der Waals surface area contributed by atoms with Crippen molar-refractivity contribution in [2.45, 2.75) is 24.1 Å². The van der Waals surface area contributed by atoms with E-state index in [4.69, 9.17) is 0 Å². The molecule has 0 aliphatic heterocycles. The van der Waals surface area contributed by atoms with Crippen LogP contribution in [0.2, 0.25) is 0 Å². The van der Waals surface area contributed by atoms with Crippen LogP contribution >= 0.6 is 0 Å². The van der Waals surface area contributed by atoms with Crippen LogP contribution in [0.1, 0.15) is 6.42 Å². The van der Waals surface area contributed by atoms with Crippen molar-refractivity contribution in [2.75, 3.05) is 0 Å². The normalized spacial score (nSPS) is 14.9. The van der Waals surface area contributed by atoms with E-state index in [2.05, 4.69) is 8.92 Å². The number of carbonyl (C=O) groups is 2. The lowest BCUT2D eigenvalue weighted by molar-refractivity contribution is -0.193. The Morgan fingerprint density at radius 1 is 1.11 bits per heavy atom. The van der Waals surface area contributed by atoms with Crippen molar-refractivity contribution in [2.24, 2.45) is 0 Å². The Morgan fingerprint density at radius 3 is 1.94 bits per heavy atom. The van der Waals surface area contributed by atoms with E-state index in [9.17, 15) is 40.0 Å². The third-order valence-corrected chi connectivity index (χ3v) is 2.54. The number of alkyl halides is 5. The average molecular weight is 300 g/mol. The van der Waals surface area contributed by atoms with E-state index < -0.39 is 47.0 Å². The van der Waals surface area contributed by atoms with Crippen LogP contribution in [0, 0.1) is 0 Å². The topological polar surface area (TPSA) is 86.7 Å². The van der Waals surface area contributed by atoms with E-state index in [1.165, 1.54) is 0 Å². The second kappa shape index (κ2) is 5.56. The highest BCUT2D eigenvalue weighted by Gasteiger charge is 2.49. The first kappa shape index (κ1) is 16.7. The fraction of sp³-hybridized carbons (Fsp3) is 0.667. The molecular formula is C6H5F5O6S. The molecule has 0 radical (unpaired) electrons. The van der Waals surface area contributed by atoms with Crippen LogP contribution in [0.5, 0.6) is 0 Å². The Labute approximate surface area is 96.8 Å². The number of aldehydes is 1. The average Bonchev–Trinajstić information content (AvgIpc) is 2.14. The van der Waals surface area contributed by atoms with Gasteiger partial charge in [-0.25, -0.2) is 4.18 Å². The first-order valence-electron chi connectivity index (χ1n) is 3.88. The van der Waals surface area contributed by atoms with Crippen LogP contribution in [0.4, 0.5) is 22.0 Å². The molecule has 0 rings (SSSR count). The predicted molar refractivity (Wildman–Crippen MR) is 42.6 cm³/mol. The Kier molecular flexibility index (Phi) is 5.16.